The third-order valence-electron chi connectivity index (χ3n) is 4.04. The standard InChI is InChI=1S/C19H30N4O3/c1-15(2)22-18(24)6-7-20-19(25)21-13-16-4-3-5-17(12-16)14-23-8-10-26-11-9-23/h3-5,12,15H,6-11,13-14H2,1-2H3,(H,22,24)(H2,20,21,25). The fourth-order valence-electron chi connectivity index (χ4n) is 2.78. The van der Waals surface area contributed by atoms with E-state index in [2.05, 4.69) is 33.0 Å². The van der Waals surface area contributed by atoms with Crippen LogP contribution < -0.4 is 16.0 Å². The SMILES string of the molecule is CC(C)NC(=O)CCNC(=O)NCc1cccc(CN2CCOCC2)c1. The minimum Gasteiger partial charge on any atom is -0.379 e. The van der Waals surface area contributed by atoms with E-state index in [0.29, 0.717) is 13.1 Å². The van der Waals surface area contributed by atoms with E-state index in [1.807, 2.05) is 26.0 Å². The van der Waals surface area contributed by atoms with Crippen molar-refractivity contribution in [2.24, 2.45) is 0 Å². The van der Waals surface area contributed by atoms with Crippen LogP contribution in [0.15, 0.2) is 24.3 Å². The zero-order chi connectivity index (χ0) is 18.8. The molecule has 1 aromatic rings. The van der Waals surface area contributed by atoms with Gasteiger partial charge in [-0.2, -0.15) is 0 Å². The molecule has 0 unspecified atom stereocenters. The van der Waals surface area contributed by atoms with Gasteiger partial charge in [0.25, 0.3) is 0 Å². The summed E-state index contributed by atoms with van der Waals surface area (Å²) in [7, 11) is 0. The average molecular weight is 362 g/mol. The second-order valence-electron chi connectivity index (χ2n) is 6.79. The van der Waals surface area contributed by atoms with Crippen LogP contribution in [-0.2, 0) is 22.6 Å². The summed E-state index contributed by atoms with van der Waals surface area (Å²) >= 11 is 0. The number of carbonyl (C=O) groups is 2. The molecule has 3 N–H and O–H groups in total. The van der Waals surface area contributed by atoms with E-state index < -0.39 is 0 Å². The molecule has 0 radical (unpaired) electrons. The molecule has 0 aromatic heterocycles. The maximum Gasteiger partial charge on any atom is 0.315 e. The van der Waals surface area contributed by atoms with Gasteiger partial charge in [-0.05, 0) is 25.0 Å². The highest BCUT2D eigenvalue weighted by Gasteiger charge is 2.11. The van der Waals surface area contributed by atoms with Gasteiger partial charge in [0, 0.05) is 45.2 Å². The summed E-state index contributed by atoms with van der Waals surface area (Å²) in [5, 5.41) is 8.32. The van der Waals surface area contributed by atoms with Gasteiger partial charge in [0.1, 0.15) is 0 Å². The summed E-state index contributed by atoms with van der Waals surface area (Å²) in [6, 6.07) is 8.08. The van der Waals surface area contributed by atoms with Gasteiger partial charge >= 0.3 is 6.03 Å². The Kier molecular flexibility index (Phi) is 8.37. The first-order chi connectivity index (χ1) is 12.5. The highest BCUT2D eigenvalue weighted by molar-refractivity contribution is 5.78. The molecule has 7 nitrogen and oxygen atoms in total. The molecular formula is C19H30N4O3. The first-order valence-corrected chi connectivity index (χ1v) is 9.22. The summed E-state index contributed by atoms with van der Waals surface area (Å²) in [6.07, 6.45) is 0.278. The minimum absolute atomic E-state index is 0.0592. The molecule has 1 aromatic carbocycles. The molecule has 26 heavy (non-hydrogen) atoms. The zero-order valence-corrected chi connectivity index (χ0v) is 15.7. The van der Waals surface area contributed by atoms with Gasteiger partial charge in [0.2, 0.25) is 5.91 Å². The van der Waals surface area contributed by atoms with Crippen molar-refractivity contribution in [2.75, 3.05) is 32.8 Å². The number of hydrogen-bond donors (Lipinski definition) is 3. The van der Waals surface area contributed by atoms with Crippen LogP contribution in [0, 0.1) is 0 Å². The van der Waals surface area contributed by atoms with Crippen LogP contribution in [0.5, 0.6) is 0 Å². The molecule has 7 heteroatoms. The molecule has 0 spiro atoms. The Labute approximate surface area is 155 Å². The number of hydrogen-bond acceptors (Lipinski definition) is 4. The van der Waals surface area contributed by atoms with E-state index in [-0.39, 0.29) is 24.4 Å². The Hall–Kier alpha value is -2.12. The number of amides is 3. The Bertz CT molecular complexity index is 586. The van der Waals surface area contributed by atoms with Gasteiger partial charge in [-0.15, -0.1) is 0 Å². The monoisotopic (exact) mass is 362 g/mol. The van der Waals surface area contributed by atoms with Gasteiger partial charge < -0.3 is 20.7 Å². The molecule has 1 fully saturated rings. The van der Waals surface area contributed by atoms with Crippen molar-refractivity contribution >= 4 is 11.9 Å². The predicted molar refractivity (Wildman–Crippen MR) is 101 cm³/mol. The fraction of sp³-hybridized carbons (Fsp3) is 0.579. The van der Waals surface area contributed by atoms with E-state index >= 15 is 0 Å². The lowest BCUT2D eigenvalue weighted by molar-refractivity contribution is -0.121. The minimum atomic E-state index is -0.263. The summed E-state index contributed by atoms with van der Waals surface area (Å²) < 4.78 is 5.37. The van der Waals surface area contributed by atoms with Gasteiger partial charge in [0.05, 0.1) is 13.2 Å². The van der Waals surface area contributed by atoms with Crippen molar-refractivity contribution in [3.8, 4) is 0 Å². The van der Waals surface area contributed by atoms with Crippen LogP contribution in [0.2, 0.25) is 0 Å². The molecule has 0 saturated carbocycles. The number of benzene rings is 1. The molecule has 0 bridgehead atoms. The lowest BCUT2D eigenvalue weighted by Crippen LogP contribution is -2.38. The number of carbonyl (C=O) groups excluding carboxylic acids is 2. The molecule has 3 amide bonds. The molecule has 1 aliphatic rings. The second kappa shape index (κ2) is 10.8. The maximum absolute atomic E-state index is 11.8. The first-order valence-electron chi connectivity index (χ1n) is 9.22. The topological polar surface area (TPSA) is 82.7 Å². The van der Waals surface area contributed by atoms with E-state index in [9.17, 15) is 9.59 Å². The van der Waals surface area contributed by atoms with Gasteiger partial charge in [-0.1, -0.05) is 24.3 Å². The number of nitrogens with one attached hydrogen (secondary N) is 3. The van der Waals surface area contributed by atoms with Gasteiger partial charge in [-0.25, -0.2) is 4.79 Å². The quantitative estimate of drug-likeness (QED) is 0.650. The summed E-state index contributed by atoms with van der Waals surface area (Å²) in [5.74, 6) is -0.0592. The van der Waals surface area contributed by atoms with Crippen molar-refractivity contribution in [3.05, 3.63) is 35.4 Å². The number of morpholine rings is 1. The van der Waals surface area contributed by atoms with Crippen LogP contribution >= 0.6 is 0 Å². The Morgan fingerprint density at radius 3 is 2.62 bits per heavy atom. The van der Waals surface area contributed by atoms with Crippen molar-refractivity contribution in [3.63, 3.8) is 0 Å². The van der Waals surface area contributed by atoms with E-state index in [0.717, 1.165) is 38.4 Å². The fourth-order valence-corrected chi connectivity index (χ4v) is 2.78. The van der Waals surface area contributed by atoms with Crippen molar-refractivity contribution in [2.45, 2.75) is 39.4 Å². The number of urea groups is 1. The lowest BCUT2D eigenvalue weighted by Gasteiger charge is -2.26. The summed E-state index contributed by atoms with van der Waals surface area (Å²) in [5.41, 5.74) is 2.29. The molecule has 144 valence electrons. The number of rotatable bonds is 8. The van der Waals surface area contributed by atoms with Gasteiger partial charge in [-0.3, -0.25) is 9.69 Å². The third kappa shape index (κ3) is 7.84. The largest absolute Gasteiger partial charge is 0.379 e. The van der Waals surface area contributed by atoms with Crippen LogP contribution in [0.1, 0.15) is 31.4 Å². The van der Waals surface area contributed by atoms with Crippen molar-refractivity contribution in [1.29, 1.82) is 0 Å². The van der Waals surface area contributed by atoms with Crippen LogP contribution in [0.25, 0.3) is 0 Å². The van der Waals surface area contributed by atoms with Crippen LogP contribution in [0.4, 0.5) is 4.79 Å². The molecule has 1 heterocycles. The molecule has 0 atom stereocenters. The van der Waals surface area contributed by atoms with E-state index in [4.69, 9.17) is 4.74 Å². The molecule has 1 aliphatic heterocycles. The molecule has 2 rings (SSSR count). The van der Waals surface area contributed by atoms with Crippen molar-refractivity contribution < 1.29 is 14.3 Å². The van der Waals surface area contributed by atoms with E-state index in [1.165, 1.54) is 5.56 Å². The Morgan fingerprint density at radius 2 is 1.88 bits per heavy atom. The van der Waals surface area contributed by atoms with Crippen LogP contribution in [0.3, 0.4) is 0 Å². The molecule has 0 aliphatic carbocycles. The number of nitrogens with zero attached hydrogens (tertiary/aromatic N) is 1. The summed E-state index contributed by atoms with van der Waals surface area (Å²) in [6.45, 7) is 8.98. The maximum atomic E-state index is 11.8. The van der Waals surface area contributed by atoms with E-state index in [1.54, 1.807) is 0 Å². The average Bonchev–Trinajstić information content (AvgIpc) is 2.60. The highest BCUT2D eigenvalue weighted by Crippen LogP contribution is 2.10. The number of ether oxygens (including phenoxy) is 1. The highest BCUT2D eigenvalue weighted by atomic mass is 16.5. The smallest absolute Gasteiger partial charge is 0.315 e. The Balaban J connectivity index is 1.68. The Morgan fingerprint density at radius 1 is 1.15 bits per heavy atom. The molecular weight excluding hydrogens is 332 g/mol. The third-order valence-corrected chi connectivity index (χ3v) is 4.04. The normalized spacial score (nSPS) is 14.9. The second-order valence-corrected chi connectivity index (χ2v) is 6.79. The predicted octanol–water partition coefficient (Wildman–Crippen LogP) is 1.23. The molecule has 1 saturated heterocycles. The van der Waals surface area contributed by atoms with Gasteiger partial charge in [0.15, 0.2) is 0 Å². The zero-order valence-electron chi connectivity index (χ0n) is 15.7. The summed E-state index contributed by atoms with van der Waals surface area (Å²) in [4.78, 5) is 25.7. The lowest BCUT2D eigenvalue weighted by atomic mass is 10.1. The first kappa shape index (κ1) is 20.2. The van der Waals surface area contributed by atoms with Crippen LogP contribution in [-0.4, -0.2) is 55.7 Å². The van der Waals surface area contributed by atoms with Crippen molar-refractivity contribution in [1.82, 2.24) is 20.9 Å².